The van der Waals surface area contributed by atoms with Crippen molar-refractivity contribution in [3.63, 3.8) is 0 Å². The number of benzene rings is 2. The molecule has 0 aliphatic carbocycles. The van der Waals surface area contributed by atoms with E-state index in [4.69, 9.17) is 0 Å². The number of hydrogen-bond donors (Lipinski definition) is 3. The van der Waals surface area contributed by atoms with E-state index in [0.29, 0.717) is 11.1 Å². The van der Waals surface area contributed by atoms with Crippen LogP contribution in [0.5, 0.6) is 0 Å². The lowest BCUT2D eigenvalue weighted by Crippen LogP contribution is -2.42. The zero-order chi connectivity index (χ0) is 19.1. The predicted molar refractivity (Wildman–Crippen MR) is 98.1 cm³/mol. The summed E-state index contributed by atoms with van der Waals surface area (Å²) in [5.74, 6) is -1.82. The molecule has 0 spiro atoms. The van der Waals surface area contributed by atoms with E-state index < -0.39 is 17.9 Å². The lowest BCUT2D eigenvalue weighted by atomic mass is 10.0. The van der Waals surface area contributed by atoms with E-state index in [1.54, 1.807) is 12.1 Å². The summed E-state index contributed by atoms with van der Waals surface area (Å²) >= 11 is 0. The third-order valence-corrected chi connectivity index (χ3v) is 3.72. The van der Waals surface area contributed by atoms with Gasteiger partial charge in [0.1, 0.15) is 6.04 Å². The number of carbonyl (C=O) groups excluding carboxylic acids is 2. The molecule has 0 bridgehead atoms. The fourth-order valence-corrected chi connectivity index (χ4v) is 2.41. The van der Waals surface area contributed by atoms with Gasteiger partial charge in [0, 0.05) is 23.6 Å². The first-order valence-electron chi connectivity index (χ1n) is 8.35. The van der Waals surface area contributed by atoms with Crippen molar-refractivity contribution >= 4 is 17.8 Å². The molecule has 2 aromatic rings. The highest BCUT2D eigenvalue weighted by Crippen LogP contribution is 2.08. The van der Waals surface area contributed by atoms with Crippen LogP contribution in [0.25, 0.3) is 0 Å². The second-order valence-electron chi connectivity index (χ2n) is 6.26. The molecule has 6 nitrogen and oxygen atoms in total. The minimum absolute atomic E-state index is 0.0137. The van der Waals surface area contributed by atoms with E-state index in [1.807, 2.05) is 44.2 Å². The SMILES string of the molecule is CC(C)NC(=O)c1ccc(C(=O)N[C@H](Cc2ccccc2)C(=O)O)cc1. The fourth-order valence-electron chi connectivity index (χ4n) is 2.41. The fraction of sp³-hybridized carbons (Fsp3) is 0.250. The summed E-state index contributed by atoms with van der Waals surface area (Å²) < 4.78 is 0. The Morgan fingerprint density at radius 3 is 1.81 bits per heavy atom. The third kappa shape index (κ3) is 5.44. The van der Waals surface area contributed by atoms with Crippen molar-refractivity contribution in [3.8, 4) is 0 Å². The summed E-state index contributed by atoms with van der Waals surface area (Å²) in [6, 6.07) is 14.2. The Labute approximate surface area is 152 Å². The Morgan fingerprint density at radius 1 is 0.846 bits per heavy atom. The molecule has 136 valence electrons. The number of amides is 2. The molecule has 0 radical (unpaired) electrons. The molecule has 26 heavy (non-hydrogen) atoms. The van der Waals surface area contributed by atoms with E-state index in [9.17, 15) is 19.5 Å². The average molecular weight is 354 g/mol. The molecule has 6 heteroatoms. The molecule has 0 saturated heterocycles. The normalized spacial score (nSPS) is 11.7. The number of carbonyl (C=O) groups is 3. The Morgan fingerprint density at radius 2 is 1.35 bits per heavy atom. The van der Waals surface area contributed by atoms with Gasteiger partial charge in [0.05, 0.1) is 0 Å². The zero-order valence-corrected chi connectivity index (χ0v) is 14.7. The van der Waals surface area contributed by atoms with E-state index in [1.165, 1.54) is 12.1 Å². The van der Waals surface area contributed by atoms with Gasteiger partial charge in [0.25, 0.3) is 11.8 Å². The summed E-state index contributed by atoms with van der Waals surface area (Å²) in [6.45, 7) is 3.72. The summed E-state index contributed by atoms with van der Waals surface area (Å²) in [6.07, 6.45) is 0.191. The van der Waals surface area contributed by atoms with Gasteiger partial charge in [-0.3, -0.25) is 9.59 Å². The smallest absolute Gasteiger partial charge is 0.326 e. The molecular formula is C20H22N2O4. The number of aliphatic carboxylic acids is 1. The number of hydrogen-bond acceptors (Lipinski definition) is 3. The van der Waals surface area contributed by atoms with Gasteiger partial charge in [-0.25, -0.2) is 4.79 Å². The van der Waals surface area contributed by atoms with Gasteiger partial charge >= 0.3 is 5.97 Å². The minimum Gasteiger partial charge on any atom is -0.480 e. The Bertz CT molecular complexity index is 770. The lowest BCUT2D eigenvalue weighted by molar-refractivity contribution is -0.139. The van der Waals surface area contributed by atoms with Crippen LogP contribution < -0.4 is 10.6 Å². The first-order valence-corrected chi connectivity index (χ1v) is 8.35. The lowest BCUT2D eigenvalue weighted by Gasteiger charge is -2.15. The van der Waals surface area contributed by atoms with Crippen molar-refractivity contribution in [2.45, 2.75) is 32.4 Å². The van der Waals surface area contributed by atoms with Crippen LogP contribution in [0.2, 0.25) is 0 Å². The summed E-state index contributed by atoms with van der Waals surface area (Å²) in [5, 5.41) is 14.7. The third-order valence-electron chi connectivity index (χ3n) is 3.72. The van der Waals surface area contributed by atoms with Crippen LogP contribution in [0.1, 0.15) is 40.1 Å². The van der Waals surface area contributed by atoms with Gasteiger partial charge < -0.3 is 15.7 Å². The molecule has 0 aliphatic rings. The summed E-state index contributed by atoms with van der Waals surface area (Å²) in [4.78, 5) is 35.7. The second-order valence-corrected chi connectivity index (χ2v) is 6.26. The highest BCUT2D eigenvalue weighted by Gasteiger charge is 2.21. The maximum Gasteiger partial charge on any atom is 0.326 e. The van der Waals surface area contributed by atoms with Crippen LogP contribution in [0.15, 0.2) is 54.6 Å². The van der Waals surface area contributed by atoms with Crippen LogP contribution in [0.3, 0.4) is 0 Å². The van der Waals surface area contributed by atoms with Gasteiger partial charge in [0.15, 0.2) is 0 Å². The van der Waals surface area contributed by atoms with E-state index >= 15 is 0 Å². The van der Waals surface area contributed by atoms with E-state index in [0.717, 1.165) is 5.56 Å². The number of rotatable bonds is 7. The number of carboxylic acid groups (broad SMARTS) is 1. The Balaban J connectivity index is 2.05. The van der Waals surface area contributed by atoms with E-state index in [2.05, 4.69) is 10.6 Å². The molecule has 0 aliphatic heterocycles. The first kappa shape index (κ1) is 19.2. The topological polar surface area (TPSA) is 95.5 Å². The van der Waals surface area contributed by atoms with Gasteiger partial charge in [-0.05, 0) is 43.7 Å². The maximum atomic E-state index is 12.3. The van der Waals surface area contributed by atoms with Crippen LogP contribution in [-0.2, 0) is 11.2 Å². The maximum absolute atomic E-state index is 12.3. The second kappa shape index (κ2) is 8.80. The molecule has 0 heterocycles. The van der Waals surface area contributed by atoms with Gasteiger partial charge in [0.2, 0.25) is 0 Å². The minimum atomic E-state index is -1.10. The van der Waals surface area contributed by atoms with Crippen molar-refractivity contribution in [1.29, 1.82) is 0 Å². The molecule has 2 amide bonds. The molecular weight excluding hydrogens is 332 g/mol. The summed E-state index contributed by atoms with van der Waals surface area (Å²) in [7, 11) is 0. The van der Waals surface area contributed by atoms with Gasteiger partial charge in [-0.2, -0.15) is 0 Å². The van der Waals surface area contributed by atoms with Gasteiger partial charge in [-0.15, -0.1) is 0 Å². The molecule has 2 rings (SSSR count). The van der Waals surface area contributed by atoms with Crippen LogP contribution in [-0.4, -0.2) is 35.0 Å². The highest BCUT2D eigenvalue weighted by atomic mass is 16.4. The largest absolute Gasteiger partial charge is 0.480 e. The molecule has 2 aromatic carbocycles. The highest BCUT2D eigenvalue weighted by molar-refractivity contribution is 5.99. The van der Waals surface area contributed by atoms with Crippen molar-refractivity contribution in [2.75, 3.05) is 0 Å². The molecule has 1 atom stereocenters. The van der Waals surface area contributed by atoms with Gasteiger partial charge in [-0.1, -0.05) is 30.3 Å². The Hall–Kier alpha value is -3.15. The molecule has 0 saturated carbocycles. The van der Waals surface area contributed by atoms with Crippen LogP contribution in [0.4, 0.5) is 0 Å². The average Bonchev–Trinajstić information content (AvgIpc) is 2.61. The van der Waals surface area contributed by atoms with Crippen molar-refractivity contribution < 1.29 is 19.5 Å². The van der Waals surface area contributed by atoms with Crippen molar-refractivity contribution in [2.24, 2.45) is 0 Å². The quantitative estimate of drug-likeness (QED) is 0.711. The molecule has 0 aromatic heterocycles. The molecule has 0 unspecified atom stereocenters. The standard InChI is InChI=1S/C20H22N2O4/c1-13(2)21-18(23)15-8-10-16(11-9-15)19(24)22-17(20(25)26)12-14-6-4-3-5-7-14/h3-11,13,17H,12H2,1-2H3,(H,21,23)(H,22,24)(H,25,26)/t17-/m1/s1. The Kier molecular flexibility index (Phi) is 6.49. The molecule has 3 N–H and O–H groups in total. The zero-order valence-electron chi connectivity index (χ0n) is 14.7. The predicted octanol–water partition coefficient (Wildman–Crippen LogP) is 2.25. The van der Waals surface area contributed by atoms with Crippen molar-refractivity contribution in [1.82, 2.24) is 10.6 Å². The monoisotopic (exact) mass is 354 g/mol. The number of carboxylic acids is 1. The van der Waals surface area contributed by atoms with Crippen LogP contribution in [0, 0.1) is 0 Å². The summed E-state index contributed by atoms with van der Waals surface area (Å²) in [5.41, 5.74) is 1.56. The van der Waals surface area contributed by atoms with Crippen LogP contribution >= 0.6 is 0 Å². The molecule has 0 fully saturated rings. The van der Waals surface area contributed by atoms with Crippen molar-refractivity contribution in [3.05, 3.63) is 71.3 Å². The first-order chi connectivity index (χ1) is 12.4. The number of nitrogens with one attached hydrogen (secondary N) is 2. The van der Waals surface area contributed by atoms with E-state index in [-0.39, 0.29) is 18.4 Å².